The molecule has 3 N–H and O–H groups in total. The molecule has 1 aliphatic heterocycles. The normalized spacial score (nSPS) is 21.4. The maximum atomic E-state index is 11.9. The van der Waals surface area contributed by atoms with E-state index in [9.17, 15) is 14.7 Å². The topological polar surface area (TPSA) is 89.9 Å². The van der Waals surface area contributed by atoms with Crippen LogP contribution in [0.4, 0.5) is 4.79 Å². The molecule has 1 unspecified atom stereocenters. The fourth-order valence-electron chi connectivity index (χ4n) is 1.87. The van der Waals surface area contributed by atoms with E-state index >= 15 is 0 Å². The smallest absolute Gasteiger partial charge is 0.326 e. The van der Waals surface area contributed by atoms with Crippen molar-refractivity contribution in [1.82, 2.24) is 10.2 Å². The van der Waals surface area contributed by atoms with Crippen LogP contribution in [0, 0.1) is 0 Å². The summed E-state index contributed by atoms with van der Waals surface area (Å²) in [6.45, 7) is 0.846. The zero-order chi connectivity index (χ0) is 13.5. The number of carbonyl (C=O) groups is 2. The third-order valence-corrected chi connectivity index (χ3v) is 3.53. The van der Waals surface area contributed by atoms with Crippen LogP contribution in [0.2, 0.25) is 0 Å². The van der Waals surface area contributed by atoms with Crippen molar-refractivity contribution in [1.29, 1.82) is 0 Å². The van der Waals surface area contributed by atoms with E-state index in [0.717, 1.165) is 6.42 Å². The predicted molar refractivity (Wildman–Crippen MR) is 69.8 cm³/mol. The first-order valence-corrected chi connectivity index (χ1v) is 7.39. The third kappa shape index (κ3) is 4.73. The second kappa shape index (κ2) is 7.48. The quantitative estimate of drug-likeness (QED) is 0.674. The number of urea groups is 1. The van der Waals surface area contributed by atoms with Crippen molar-refractivity contribution in [3.05, 3.63) is 0 Å². The largest absolute Gasteiger partial charge is 0.480 e. The SMILES string of the molecule is CSCC[C@@H](NC(=O)N1CCCC(O)C1)C(=O)O. The summed E-state index contributed by atoms with van der Waals surface area (Å²) < 4.78 is 0. The van der Waals surface area contributed by atoms with Crippen molar-refractivity contribution in [2.45, 2.75) is 31.4 Å². The zero-order valence-corrected chi connectivity index (χ0v) is 11.3. The predicted octanol–water partition coefficient (Wildman–Crippen LogP) is 0.359. The molecule has 0 aliphatic carbocycles. The van der Waals surface area contributed by atoms with Gasteiger partial charge in [-0.15, -0.1) is 0 Å². The van der Waals surface area contributed by atoms with E-state index in [0.29, 0.717) is 25.1 Å². The number of carboxylic acid groups (broad SMARTS) is 1. The molecule has 104 valence electrons. The lowest BCUT2D eigenvalue weighted by atomic mass is 10.1. The Hall–Kier alpha value is -0.950. The van der Waals surface area contributed by atoms with E-state index in [1.807, 2.05) is 6.26 Å². The summed E-state index contributed by atoms with van der Waals surface area (Å²) in [5.74, 6) is -0.338. The summed E-state index contributed by atoms with van der Waals surface area (Å²) in [6.07, 6.45) is 3.23. The maximum Gasteiger partial charge on any atom is 0.326 e. The number of β-amino-alcohol motifs (C(OH)–C–C–N with tert-alkyl or cyclic N) is 1. The molecule has 0 radical (unpaired) electrons. The van der Waals surface area contributed by atoms with Crippen LogP contribution in [0.15, 0.2) is 0 Å². The number of carboxylic acids is 1. The molecule has 0 saturated carbocycles. The molecule has 2 atom stereocenters. The van der Waals surface area contributed by atoms with Gasteiger partial charge in [-0.1, -0.05) is 0 Å². The number of likely N-dealkylation sites (tertiary alicyclic amines) is 1. The van der Waals surface area contributed by atoms with Crippen LogP contribution in [0.3, 0.4) is 0 Å². The number of carbonyl (C=O) groups excluding carboxylic acids is 1. The lowest BCUT2D eigenvalue weighted by Crippen LogP contribution is -2.51. The van der Waals surface area contributed by atoms with E-state index in [2.05, 4.69) is 5.32 Å². The molecule has 0 aromatic heterocycles. The van der Waals surface area contributed by atoms with Crippen LogP contribution < -0.4 is 5.32 Å². The van der Waals surface area contributed by atoms with E-state index < -0.39 is 24.1 Å². The Labute approximate surface area is 111 Å². The van der Waals surface area contributed by atoms with E-state index in [1.54, 1.807) is 11.8 Å². The first-order valence-electron chi connectivity index (χ1n) is 6.00. The molecule has 2 amide bonds. The first kappa shape index (κ1) is 15.1. The first-order chi connectivity index (χ1) is 8.54. The van der Waals surface area contributed by atoms with Crippen molar-refractivity contribution >= 4 is 23.8 Å². The number of aliphatic hydroxyl groups excluding tert-OH is 1. The highest BCUT2D eigenvalue weighted by atomic mass is 32.2. The van der Waals surface area contributed by atoms with Crippen LogP contribution in [0.1, 0.15) is 19.3 Å². The Morgan fingerprint density at radius 3 is 2.83 bits per heavy atom. The van der Waals surface area contributed by atoms with E-state index in [1.165, 1.54) is 4.90 Å². The number of thioether (sulfide) groups is 1. The van der Waals surface area contributed by atoms with Gasteiger partial charge in [-0.3, -0.25) is 0 Å². The molecule has 0 bridgehead atoms. The molecular formula is C11H20N2O4S. The molecule has 7 heteroatoms. The zero-order valence-electron chi connectivity index (χ0n) is 10.5. The number of nitrogens with one attached hydrogen (secondary N) is 1. The summed E-state index contributed by atoms with van der Waals surface area (Å²) in [4.78, 5) is 24.3. The monoisotopic (exact) mass is 276 g/mol. The van der Waals surface area contributed by atoms with Crippen LogP contribution in [-0.4, -0.2) is 64.4 Å². The number of hydrogen-bond acceptors (Lipinski definition) is 4. The lowest BCUT2D eigenvalue weighted by molar-refractivity contribution is -0.139. The molecule has 1 fully saturated rings. The van der Waals surface area contributed by atoms with Crippen LogP contribution in [-0.2, 0) is 4.79 Å². The fourth-order valence-corrected chi connectivity index (χ4v) is 2.34. The second-order valence-corrected chi connectivity index (χ2v) is 5.35. The minimum atomic E-state index is -1.02. The molecule has 1 aliphatic rings. The van der Waals surface area contributed by atoms with Crippen molar-refractivity contribution in [3.63, 3.8) is 0 Å². The number of rotatable bonds is 5. The van der Waals surface area contributed by atoms with E-state index in [4.69, 9.17) is 5.11 Å². The third-order valence-electron chi connectivity index (χ3n) is 2.89. The number of amides is 2. The van der Waals surface area contributed by atoms with Gasteiger partial charge in [0.1, 0.15) is 6.04 Å². The highest BCUT2D eigenvalue weighted by molar-refractivity contribution is 7.98. The molecule has 18 heavy (non-hydrogen) atoms. The van der Waals surface area contributed by atoms with Gasteiger partial charge in [0.05, 0.1) is 6.10 Å². The Kier molecular flexibility index (Phi) is 6.28. The van der Waals surface area contributed by atoms with Crippen LogP contribution in [0.5, 0.6) is 0 Å². The van der Waals surface area contributed by atoms with Crippen molar-refractivity contribution in [3.8, 4) is 0 Å². The van der Waals surface area contributed by atoms with Crippen molar-refractivity contribution < 1.29 is 19.8 Å². The number of aliphatic carboxylic acids is 1. The molecule has 0 spiro atoms. The molecule has 1 rings (SSSR count). The highest BCUT2D eigenvalue weighted by Crippen LogP contribution is 2.10. The summed E-state index contributed by atoms with van der Waals surface area (Å²) in [5.41, 5.74) is 0. The summed E-state index contributed by atoms with van der Waals surface area (Å²) in [5, 5.41) is 21.0. The van der Waals surface area contributed by atoms with Gasteiger partial charge >= 0.3 is 12.0 Å². The molecule has 0 aromatic carbocycles. The molecule has 6 nitrogen and oxygen atoms in total. The minimum Gasteiger partial charge on any atom is -0.480 e. The van der Waals surface area contributed by atoms with Gasteiger partial charge in [0.25, 0.3) is 0 Å². The van der Waals surface area contributed by atoms with Gasteiger partial charge < -0.3 is 20.4 Å². The molecular weight excluding hydrogens is 256 g/mol. The van der Waals surface area contributed by atoms with Crippen molar-refractivity contribution in [2.75, 3.05) is 25.1 Å². The average molecular weight is 276 g/mol. The standard InChI is InChI=1S/C11H20N2O4S/c1-18-6-4-9(10(15)16)12-11(17)13-5-2-3-8(14)7-13/h8-9,14H,2-7H2,1H3,(H,12,17)(H,15,16)/t8?,9-/m1/s1. The Balaban J connectivity index is 2.46. The maximum absolute atomic E-state index is 11.9. The Morgan fingerprint density at radius 2 is 2.28 bits per heavy atom. The molecule has 1 saturated heterocycles. The molecule has 0 aromatic rings. The Morgan fingerprint density at radius 1 is 1.56 bits per heavy atom. The van der Waals surface area contributed by atoms with Gasteiger partial charge in [-0.2, -0.15) is 11.8 Å². The minimum absolute atomic E-state index is 0.278. The van der Waals surface area contributed by atoms with Crippen LogP contribution in [0.25, 0.3) is 0 Å². The van der Waals surface area contributed by atoms with Crippen molar-refractivity contribution in [2.24, 2.45) is 0 Å². The van der Waals surface area contributed by atoms with Gasteiger partial charge in [0, 0.05) is 13.1 Å². The van der Waals surface area contributed by atoms with Gasteiger partial charge in [0.2, 0.25) is 0 Å². The Bertz CT molecular complexity index is 301. The number of piperidine rings is 1. The van der Waals surface area contributed by atoms with Gasteiger partial charge in [-0.25, -0.2) is 9.59 Å². The summed E-state index contributed by atoms with van der Waals surface area (Å²) in [7, 11) is 0. The summed E-state index contributed by atoms with van der Waals surface area (Å²) in [6, 6.07) is -1.26. The van der Waals surface area contributed by atoms with E-state index in [-0.39, 0.29) is 6.54 Å². The van der Waals surface area contributed by atoms with Crippen LogP contribution >= 0.6 is 11.8 Å². The summed E-state index contributed by atoms with van der Waals surface area (Å²) >= 11 is 1.54. The molecule has 1 heterocycles. The average Bonchev–Trinajstić information content (AvgIpc) is 2.33. The van der Waals surface area contributed by atoms with Gasteiger partial charge in [-0.05, 0) is 31.3 Å². The van der Waals surface area contributed by atoms with Gasteiger partial charge in [0.15, 0.2) is 0 Å². The fraction of sp³-hybridized carbons (Fsp3) is 0.818. The highest BCUT2D eigenvalue weighted by Gasteiger charge is 2.26. The number of nitrogens with zero attached hydrogens (tertiary/aromatic N) is 1. The second-order valence-electron chi connectivity index (χ2n) is 4.36. The number of aliphatic hydroxyl groups is 1. The number of hydrogen-bond donors (Lipinski definition) is 3. The lowest BCUT2D eigenvalue weighted by Gasteiger charge is -2.31.